The molecule has 0 spiro atoms. The Balaban J connectivity index is 2.06. The Morgan fingerprint density at radius 3 is 2.61 bits per heavy atom. The van der Waals surface area contributed by atoms with Crippen LogP contribution in [-0.4, -0.2) is 15.1 Å². The van der Waals surface area contributed by atoms with Crippen molar-refractivity contribution in [1.29, 1.82) is 5.26 Å². The van der Waals surface area contributed by atoms with Gasteiger partial charge in [0.1, 0.15) is 28.1 Å². The lowest BCUT2D eigenvalue weighted by Crippen LogP contribution is -1.91. The number of allylic oxidation sites excluding steroid dienone is 1. The maximum absolute atomic E-state index is 10.4. The van der Waals surface area contributed by atoms with Crippen LogP contribution >= 0.6 is 22.9 Å². The van der Waals surface area contributed by atoms with Crippen molar-refractivity contribution in [2.75, 3.05) is 0 Å². The molecule has 0 atom stereocenters. The van der Waals surface area contributed by atoms with E-state index in [9.17, 15) is 10.4 Å². The fraction of sp³-hybridized carbons (Fsp3) is 0. The van der Waals surface area contributed by atoms with Crippen molar-refractivity contribution in [2.45, 2.75) is 0 Å². The number of hydrogen-bond donors (Lipinski definition) is 1. The number of aliphatic hydroxyl groups is 1. The standard InChI is InChI=1S/C17H10ClN3OS/c18-13-6-2-1-5-11(13)16(22)12(9-19)17-21-15(10-23-17)14-7-3-4-8-20-14/h1-8,10,22H/b16-12-. The quantitative estimate of drug-likeness (QED) is 0.549. The fourth-order valence-electron chi connectivity index (χ4n) is 2.01. The number of pyridine rings is 1. The summed E-state index contributed by atoms with van der Waals surface area (Å²) in [6, 6.07) is 14.3. The first-order valence-electron chi connectivity index (χ1n) is 6.66. The van der Waals surface area contributed by atoms with E-state index in [-0.39, 0.29) is 11.3 Å². The second-order valence-electron chi connectivity index (χ2n) is 4.57. The van der Waals surface area contributed by atoms with Gasteiger partial charge in [-0.05, 0) is 24.3 Å². The summed E-state index contributed by atoms with van der Waals surface area (Å²) in [4.78, 5) is 8.63. The van der Waals surface area contributed by atoms with Crippen LogP contribution in [0.2, 0.25) is 5.02 Å². The molecular weight excluding hydrogens is 330 g/mol. The monoisotopic (exact) mass is 339 g/mol. The summed E-state index contributed by atoms with van der Waals surface area (Å²) >= 11 is 7.35. The molecule has 3 aromatic rings. The molecule has 0 aliphatic carbocycles. The van der Waals surface area contributed by atoms with Crippen molar-refractivity contribution in [3.8, 4) is 17.5 Å². The molecule has 112 valence electrons. The average Bonchev–Trinajstić information content (AvgIpc) is 3.06. The number of nitriles is 1. The van der Waals surface area contributed by atoms with E-state index in [4.69, 9.17) is 11.6 Å². The Morgan fingerprint density at radius 2 is 1.91 bits per heavy atom. The molecule has 3 rings (SSSR count). The number of aromatic nitrogens is 2. The number of benzene rings is 1. The highest BCUT2D eigenvalue weighted by Crippen LogP contribution is 2.31. The normalized spacial score (nSPS) is 11.7. The van der Waals surface area contributed by atoms with Gasteiger partial charge in [-0.3, -0.25) is 4.98 Å². The van der Waals surface area contributed by atoms with Crippen molar-refractivity contribution in [1.82, 2.24) is 9.97 Å². The number of hydrogen-bond acceptors (Lipinski definition) is 5. The number of halogens is 1. The van der Waals surface area contributed by atoms with Crippen LogP contribution < -0.4 is 0 Å². The number of nitrogens with zero attached hydrogens (tertiary/aromatic N) is 3. The molecule has 0 saturated carbocycles. The van der Waals surface area contributed by atoms with E-state index in [0.29, 0.717) is 27.0 Å². The van der Waals surface area contributed by atoms with Crippen LogP contribution in [0.4, 0.5) is 0 Å². The van der Waals surface area contributed by atoms with Gasteiger partial charge < -0.3 is 5.11 Å². The van der Waals surface area contributed by atoms with Gasteiger partial charge in [0.15, 0.2) is 0 Å². The lowest BCUT2D eigenvalue weighted by atomic mass is 10.1. The third-order valence-corrected chi connectivity index (χ3v) is 4.31. The van der Waals surface area contributed by atoms with Crippen LogP contribution in [0.25, 0.3) is 22.7 Å². The van der Waals surface area contributed by atoms with Gasteiger partial charge in [0.25, 0.3) is 0 Å². The van der Waals surface area contributed by atoms with Gasteiger partial charge in [-0.1, -0.05) is 29.8 Å². The van der Waals surface area contributed by atoms with E-state index in [1.165, 1.54) is 11.3 Å². The van der Waals surface area contributed by atoms with Crippen molar-refractivity contribution in [3.63, 3.8) is 0 Å². The summed E-state index contributed by atoms with van der Waals surface area (Å²) in [6.45, 7) is 0. The zero-order chi connectivity index (χ0) is 16.2. The molecule has 0 aliphatic heterocycles. The molecule has 2 aromatic heterocycles. The molecule has 1 N–H and O–H groups in total. The van der Waals surface area contributed by atoms with E-state index in [1.807, 2.05) is 24.3 Å². The lowest BCUT2D eigenvalue weighted by Gasteiger charge is -2.04. The fourth-order valence-corrected chi connectivity index (χ4v) is 3.04. The van der Waals surface area contributed by atoms with Gasteiger partial charge in [0.2, 0.25) is 0 Å². The Morgan fingerprint density at radius 1 is 1.13 bits per heavy atom. The molecule has 0 radical (unpaired) electrons. The molecular formula is C17H10ClN3OS. The van der Waals surface area contributed by atoms with E-state index in [0.717, 1.165) is 0 Å². The Hall–Kier alpha value is -2.68. The van der Waals surface area contributed by atoms with E-state index < -0.39 is 0 Å². The second kappa shape index (κ2) is 6.61. The highest BCUT2D eigenvalue weighted by Gasteiger charge is 2.16. The van der Waals surface area contributed by atoms with Gasteiger partial charge in [0, 0.05) is 17.1 Å². The second-order valence-corrected chi connectivity index (χ2v) is 5.83. The first-order chi connectivity index (χ1) is 11.2. The molecule has 4 nitrogen and oxygen atoms in total. The maximum atomic E-state index is 10.4. The molecule has 0 unspecified atom stereocenters. The molecule has 0 aliphatic rings. The molecule has 0 bridgehead atoms. The minimum atomic E-state index is -0.181. The van der Waals surface area contributed by atoms with Crippen LogP contribution in [0, 0.1) is 11.3 Å². The van der Waals surface area contributed by atoms with Crippen LogP contribution in [-0.2, 0) is 0 Å². The predicted molar refractivity (Wildman–Crippen MR) is 91.9 cm³/mol. The minimum Gasteiger partial charge on any atom is -0.506 e. The van der Waals surface area contributed by atoms with Gasteiger partial charge in [0.05, 0.1) is 10.7 Å². The van der Waals surface area contributed by atoms with Crippen LogP contribution in [0.3, 0.4) is 0 Å². The van der Waals surface area contributed by atoms with Crippen molar-refractivity contribution < 1.29 is 5.11 Å². The zero-order valence-corrected chi connectivity index (χ0v) is 13.3. The van der Waals surface area contributed by atoms with Crippen molar-refractivity contribution in [2.24, 2.45) is 0 Å². The van der Waals surface area contributed by atoms with Gasteiger partial charge >= 0.3 is 0 Å². The minimum absolute atomic E-state index is 0.0882. The van der Waals surface area contributed by atoms with E-state index in [1.54, 1.807) is 35.8 Å². The summed E-state index contributed by atoms with van der Waals surface area (Å²) in [5, 5.41) is 22.4. The summed E-state index contributed by atoms with van der Waals surface area (Å²) < 4.78 is 0. The van der Waals surface area contributed by atoms with Crippen molar-refractivity contribution >= 4 is 34.3 Å². The van der Waals surface area contributed by atoms with Crippen LogP contribution in [0.1, 0.15) is 10.6 Å². The van der Waals surface area contributed by atoms with Gasteiger partial charge in [-0.2, -0.15) is 5.26 Å². The Labute approximate surface area is 142 Å². The highest BCUT2D eigenvalue weighted by atomic mass is 35.5. The summed E-state index contributed by atoms with van der Waals surface area (Å²) in [7, 11) is 0. The van der Waals surface area contributed by atoms with Crippen LogP contribution in [0.15, 0.2) is 54.0 Å². The van der Waals surface area contributed by atoms with Gasteiger partial charge in [-0.15, -0.1) is 11.3 Å². The smallest absolute Gasteiger partial charge is 0.145 e. The van der Waals surface area contributed by atoms with Crippen LogP contribution in [0.5, 0.6) is 0 Å². The number of thiazole rings is 1. The average molecular weight is 340 g/mol. The third-order valence-electron chi connectivity index (χ3n) is 3.12. The zero-order valence-electron chi connectivity index (χ0n) is 11.8. The summed E-state index contributed by atoms with van der Waals surface area (Å²) in [6.07, 6.45) is 1.68. The third kappa shape index (κ3) is 3.09. The summed E-state index contributed by atoms with van der Waals surface area (Å²) in [5.74, 6) is -0.181. The first-order valence-corrected chi connectivity index (χ1v) is 7.92. The molecule has 23 heavy (non-hydrogen) atoms. The molecule has 2 heterocycles. The molecule has 0 fully saturated rings. The highest BCUT2D eigenvalue weighted by molar-refractivity contribution is 7.11. The van der Waals surface area contributed by atoms with E-state index >= 15 is 0 Å². The molecule has 6 heteroatoms. The predicted octanol–water partition coefficient (Wildman–Crippen LogP) is 4.81. The number of aliphatic hydroxyl groups excluding tert-OH is 1. The Bertz CT molecular complexity index is 913. The molecule has 1 aromatic carbocycles. The summed E-state index contributed by atoms with van der Waals surface area (Å²) in [5.41, 5.74) is 1.86. The molecule has 0 saturated heterocycles. The van der Waals surface area contributed by atoms with Crippen molar-refractivity contribution in [3.05, 3.63) is 69.6 Å². The first kappa shape index (κ1) is 15.2. The SMILES string of the molecule is N#C/C(=C(/O)c1ccccc1Cl)c1nc(-c2ccccn2)cs1. The maximum Gasteiger partial charge on any atom is 0.145 e. The topological polar surface area (TPSA) is 69.8 Å². The Kier molecular flexibility index (Phi) is 4.38. The van der Waals surface area contributed by atoms with E-state index in [2.05, 4.69) is 9.97 Å². The number of rotatable bonds is 3. The molecule has 0 amide bonds. The lowest BCUT2D eigenvalue weighted by molar-refractivity contribution is 0.514. The largest absolute Gasteiger partial charge is 0.506 e. The van der Waals surface area contributed by atoms with Gasteiger partial charge in [-0.25, -0.2) is 4.98 Å².